The van der Waals surface area contributed by atoms with Crippen LogP contribution in [-0.4, -0.2) is 58.4 Å². The van der Waals surface area contributed by atoms with Gasteiger partial charge in [-0.2, -0.15) is 0 Å². The van der Waals surface area contributed by atoms with Crippen LogP contribution in [0.4, 0.5) is 5.69 Å². The lowest BCUT2D eigenvalue weighted by Gasteiger charge is -2.39. The second kappa shape index (κ2) is 12.2. The van der Waals surface area contributed by atoms with Gasteiger partial charge in [0, 0.05) is 53.6 Å². The second-order valence-electron chi connectivity index (χ2n) is 8.89. The van der Waals surface area contributed by atoms with Crippen molar-refractivity contribution in [1.29, 1.82) is 0 Å². The Morgan fingerprint density at radius 2 is 1.62 bits per heavy atom. The lowest BCUT2D eigenvalue weighted by molar-refractivity contribution is 0.0958. The van der Waals surface area contributed by atoms with Gasteiger partial charge in [-0.15, -0.1) is 0 Å². The van der Waals surface area contributed by atoms with E-state index in [0.29, 0.717) is 40.1 Å². The van der Waals surface area contributed by atoms with Gasteiger partial charge in [0.2, 0.25) is 5.75 Å². The van der Waals surface area contributed by atoms with Crippen LogP contribution >= 0.6 is 11.6 Å². The van der Waals surface area contributed by atoms with Crippen LogP contribution in [0.1, 0.15) is 28.8 Å². The van der Waals surface area contributed by atoms with Crippen LogP contribution in [0.2, 0.25) is 5.02 Å². The highest BCUT2D eigenvalue weighted by molar-refractivity contribution is 6.31. The number of ether oxygens (including phenoxy) is 4. The fraction of sp³-hybridized carbons (Fsp3) is 0.345. The molecule has 1 aliphatic rings. The average Bonchev–Trinajstić information content (AvgIpc) is 2.93. The zero-order chi connectivity index (χ0) is 26.4. The standard InChI is InChI=1S/C29H33ClN2O5/c1-34-25-10-6-9-24(18-25)32(29(33)20-7-5-8-22(30)17-20)23-13-15-31(16-14-23)19-21-11-12-26(35-2)28(37-4)27(21)36-3/h5-12,17-18,23H,13-16,19H2,1-4H3. The molecular weight excluding hydrogens is 492 g/mol. The van der Waals surface area contributed by atoms with Gasteiger partial charge < -0.3 is 23.8 Å². The Morgan fingerprint density at radius 3 is 2.27 bits per heavy atom. The van der Waals surface area contributed by atoms with E-state index in [1.54, 1.807) is 52.7 Å². The van der Waals surface area contributed by atoms with Crippen molar-refractivity contribution in [2.45, 2.75) is 25.4 Å². The lowest BCUT2D eigenvalue weighted by Crippen LogP contribution is -2.47. The smallest absolute Gasteiger partial charge is 0.258 e. The number of piperidine rings is 1. The molecule has 3 aromatic carbocycles. The van der Waals surface area contributed by atoms with Crippen LogP contribution in [0, 0.1) is 0 Å². The minimum absolute atomic E-state index is 0.0298. The molecule has 0 aliphatic carbocycles. The van der Waals surface area contributed by atoms with Gasteiger partial charge >= 0.3 is 0 Å². The molecule has 8 heteroatoms. The van der Waals surface area contributed by atoms with Gasteiger partial charge in [0.05, 0.1) is 28.4 Å². The van der Waals surface area contributed by atoms with Crippen molar-refractivity contribution in [2.75, 3.05) is 46.4 Å². The van der Waals surface area contributed by atoms with Gasteiger partial charge in [-0.3, -0.25) is 9.69 Å². The fourth-order valence-electron chi connectivity index (χ4n) is 4.88. The van der Waals surface area contributed by atoms with Crippen LogP contribution in [0.15, 0.2) is 60.7 Å². The molecule has 37 heavy (non-hydrogen) atoms. The molecular formula is C29H33ClN2O5. The van der Waals surface area contributed by atoms with Crippen molar-refractivity contribution in [2.24, 2.45) is 0 Å². The Bertz CT molecular complexity index is 1230. The van der Waals surface area contributed by atoms with Gasteiger partial charge in [-0.05, 0) is 49.2 Å². The number of likely N-dealkylation sites (tertiary alicyclic amines) is 1. The average molecular weight is 525 g/mol. The molecule has 1 aliphatic heterocycles. The van der Waals surface area contributed by atoms with E-state index in [9.17, 15) is 4.79 Å². The highest BCUT2D eigenvalue weighted by atomic mass is 35.5. The van der Waals surface area contributed by atoms with Gasteiger partial charge in [0.1, 0.15) is 5.75 Å². The molecule has 0 saturated carbocycles. The van der Waals surface area contributed by atoms with E-state index in [1.807, 2.05) is 41.3 Å². The third kappa shape index (κ3) is 5.95. The maximum absolute atomic E-state index is 13.8. The predicted molar refractivity (Wildman–Crippen MR) is 146 cm³/mol. The van der Waals surface area contributed by atoms with Gasteiger partial charge in [-0.25, -0.2) is 0 Å². The van der Waals surface area contributed by atoms with E-state index in [2.05, 4.69) is 4.90 Å². The molecule has 1 amide bonds. The molecule has 0 bridgehead atoms. The topological polar surface area (TPSA) is 60.5 Å². The molecule has 0 radical (unpaired) electrons. The maximum Gasteiger partial charge on any atom is 0.258 e. The quantitative estimate of drug-likeness (QED) is 0.358. The molecule has 1 saturated heterocycles. The van der Waals surface area contributed by atoms with E-state index in [1.165, 1.54) is 0 Å². The second-order valence-corrected chi connectivity index (χ2v) is 9.32. The summed E-state index contributed by atoms with van der Waals surface area (Å²) in [7, 11) is 6.49. The number of amides is 1. The summed E-state index contributed by atoms with van der Waals surface area (Å²) in [6.45, 7) is 2.36. The Balaban J connectivity index is 1.55. The summed E-state index contributed by atoms with van der Waals surface area (Å²) in [5, 5.41) is 0.537. The summed E-state index contributed by atoms with van der Waals surface area (Å²) < 4.78 is 22.1. The predicted octanol–water partition coefficient (Wildman–Crippen LogP) is 5.69. The first kappa shape index (κ1) is 26.6. The van der Waals surface area contributed by atoms with Crippen LogP contribution in [0.25, 0.3) is 0 Å². The maximum atomic E-state index is 13.8. The Hall–Kier alpha value is -3.42. The third-order valence-corrected chi connectivity index (χ3v) is 6.96. The van der Waals surface area contributed by atoms with Gasteiger partial charge in [0.25, 0.3) is 5.91 Å². The van der Waals surface area contributed by atoms with Gasteiger partial charge in [0.15, 0.2) is 11.5 Å². The highest BCUT2D eigenvalue weighted by Crippen LogP contribution is 2.40. The highest BCUT2D eigenvalue weighted by Gasteiger charge is 2.31. The molecule has 196 valence electrons. The summed E-state index contributed by atoms with van der Waals surface area (Å²) in [6, 6.07) is 18.7. The number of rotatable bonds is 9. The number of methoxy groups -OCH3 is 4. The van der Waals surface area contributed by atoms with Crippen molar-refractivity contribution in [1.82, 2.24) is 4.90 Å². The molecule has 1 fully saturated rings. The minimum atomic E-state index is -0.0734. The molecule has 0 unspecified atom stereocenters. The summed E-state index contributed by atoms with van der Waals surface area (Å²) in [6.07, 6.45) is 1.64. The molecule has 0 aromatic heterocycles. The van der Waals surface area contributed by atoms with Crippen LogP contribution in [-0.2, 0) is 6.54 Å². The molecule has 4 rings (SSSR count). The minimum Gasteiger partial charge on any atom is -0.497 e. The van der Waals surface area contributed by atoms with E-state index in [4.69, 9.17) is 30.5 Å². The fourth-order valence-corrected chi connectivity index (χ4v) is 5.07. The van der Waals surface area contributed by atoms with Crippen molar-refractivity contribution in [3.8, 4) is 23.0 Å². The summed E-state index contributed by atoms with van der Waals surface area (Å²) in [5.74, 6) is 2.54. The zero-order valence-electron chi connectivity index (χ0n) is 21.7. The van der Waals surface area contributed by atoms with Crippen molar-refractivity contribution in [3.63, 3.8) is 0 Å². The first-order valence-corrected chi connectivity index (χ1v) is 12.6. The van der Waals surface area contributed by atoms with E-state index < -0.39 is 0 Å². The van der Waals surface area contributed by atoms with Crippen molar-refractivity contribution < 1.29 is 23.7 Å². The number of carbonyl (C=O) groups excluding carboxylic acids is 1. The molecule has 1 heterocycles. The number of hydrogen-bond acceptors (Lipinski definition) is 6. The monoisotopic (exact) mass is 524 g/mol. The van der Waals surface area contributed by atoms with Crippen LogP contribution in [0.3, 0.4) is 0 Å². The van der Waals surface area contributed by atoms with E-state index in [0.717, 1.165) is 37.2 Å². The first-order chi connectivity index (χ1) is 18.0. The summed E-state index contributed by atoms with van der Waals surface area (Å²) >= 11 is 6.21. The summed E-state index contributed by atoms with van der Waals surface area (Å²) in [4.78, 5) is 18.0. The number of benzene rings is 3. The molecule has 7 nitrogen and oxygen atoms in total. The zero-order valence-corrected chi connectivity index (χ0v) is 22.5. The number of halogens is 1. The SMILES string of the molecule is COc1cccc(N(C(=O)c2cccc(Cl)c2)C2CCN(Cc3ccc(OC)c(OC)c3OC)CC2)c1. The van der Waals surface area contributed by atoms with Crippen LogP contribution < -0.4 is 23.8 Å². The Labute approximate surface area is 223 Å². The van der Waals surface area contributed by atoms with Crippen molar-refractivity contribution >= 4 is 23.2 Å². The largest absolute Gasteiger partial charge is 0.497 e. The number of hydrogen-bond donors (Lipinski definition) is 0. The number of carbonyl (C=O) groups is 1. The molecule has 0 atom stereocenters. The lowest BCUT2D eigenvalue weighted by atomic mass is 10.00. The third-order valence-electron chi connectivity index (χ3n) is 6.72. The Kier molecular flexibility index (Phi) is 8.79. The van der Waals surface area contributed by atoms with E-state index in [-0.39, 0.29) is 11.9 Å². The molecule has 0 N–H and O–H groups in total. The number of anilines is 1. The Morgan fingerprint density at radius 1 is 0.892 bits per heavy atom. The molecule has 0 spiro atoms. The molecule has 3 aromatic rings. The van der Waals surface area contributed by atoms with Crippen LogP contribution in [0.5, 0.6) is 23.0 Å². The summed E-state index contributed by atoms with van der Waals surface area (Å²) in [5.41, 5.74) is 2.40. The van der Waals surface area contributed by atoms with Crippen molar-refractivity contribution in [3.05, 3.63) is 76.8 Å². The normalized spacial score (nSPS) is 14.2. The first-order valence-electron chi connectivity index (χ1n) is 12.2. The van der Waals surface area contributed by atoms with Gasteiger partial charge in [-0.1, -0.05) is 29.8 Å². The number of nitrogens with zero attached hydrogens (tertiary/aromatic N) is 2. The van der Waals surface area contributed by atoms with E-state index >= 15 is 0 Å².